The fraction of sp³-hybridized carbons (Fsp3) is 0.100. The maximum Gasteiger partial charge on any atom is 0.307 e. The van der Waals surface area contributed by atoms with Crippen molar-refractivity contribution in [1.82, 2.24) is 0 Å². The fourth-order valence-corrected chi connectivity index (χ4v) is 5.87. The van der Waals surface area contributed by atoms with E-state index in [2.05, 4.69) is 11.8 Å². The largest absolute Gasteiger partial charge is 0.481 e. The lowest BCUT2D eigenvalue weighted by Crippen LogP contribution is -1.99. The van der Waals surface area contributed by atoms with Gasteiger partial charge in [0.25, 0.3) is 0 Å². The molecule has 0 unspecified atom stereocenters. The molecule has 3 aromatic heterocycles. The van der Waals surface area contributed by atoms with E-state index in [-0.39, 0.29) is 12.8 Å². The molecule has 0 aromatic carbocycles. The van der Waals surface area contributed by atoms with Crippen LogP contribution in [0.15, 0.2) is 24.3 Å². The van der Waals surface area contributed by atoms with Crippen molar-refractivity contribution < 1.29 is 19.8 Å². The smallest absolute Gasteiger partial charge is 0.307 e. The minimum absolute atomic E-state index is 0.106. The summed E-state index contributed by atoms with van der Waals surface area (Å²) >= 11 is 4.22. The van der Waals surface area contributed by atoms with Crippen LogP contribution in [-0.4, -0.2) is 22.2 Å². The monoisotopic (exact) mass is 412 g/mol. The molecule has 3 aromatic rings. The Hall–Kier alpha value is -2.84. The van der Waals surface area contributed by atoms with Gasteiger partial charge >= 0.3 is 11.9 Å². The van der Waals surface area contributed by atoms with Crippen LogP contribution >= 0.6 is 34.0 Å². The second kappa shape index (κ2) is 7.81. The Kier molecular flexibility index (Phi) is 5.48. The molecule has 0 amide bonds. The van der Waals surface area contributed by atoms with Gasteiger partial charge in [-0.1, -0.05) is 11.8 Å². The molecule has 3 heterocycles. The fourth-order valence-electron chi connectivity index (χ4n) is 2.59. The van der Waals surface area contributed by atoms with Crippen molar-refractivity contribution in [2.45, 2.75) is 12.8 Å². The number of terminal acetylenes is 2. The molecule has 7 heteroatoms. The number of rotatable bonds is 6. The molecule has 0 saturated heterocycles. The quantitative estimate of drug-likeness (QED) is 0.588. The predicted molar refractivity (Wildman–Crippen MR) is 109 cm³/mol. The third-order valence-electron chi connectivity index (χ3n) is 3.64. The van der Waals surface area contributed by atoms with Crippen molar-refractivity contribution in [1.29, 1.82) is 0 Å². The first kappa shape index (κ1) is 18.9. The summed E-state index contributed by atoms with van der Waals surface area (Å²) < 4.78 is 0. The number of carbonyl (C=O) groups is 2. The number of hydrogen-bond donors (Lipinski definition) is 2. The third kappa shape index (κ3) is 4.12. The Morgan fingerprint density at radius 1 is 0.815 bits per heavy atom. The van der Waals surface area contributed by atoms with Crippen LogP contribution in [0, 0.1) is 24.7 Å². The van der Waals surface area contributed by atoms with Crippen molar-refractivity contribution in [3.8, 4) is 44.2 Å². The van der Waals surface area contributed by atoms with Gasteiger partial charge in [0, 0.05) is 19.5 Å². The Balaban J connectivity index is 2.04. The van der Waals surface area contributed by atoms with E-state index in [0.29, 0.717) is 20.9 Å². The highest BCUT2D eigenvalue weighted by Crippen LogP contribution is 2.43. The molecule has 134 valence electrons. The maximum absolute atomic E-state index is 11.1. The van der Waals surface area contributed by atoms with E-state index in [4.69, 9.17) is 23.1 Å². The average Bonchev–Trinajstić information content (AvgIpc) is 3.31. The summed E-state index contributed by atoms with van der Waals surface area (Å²) in [7, 11) is 0. The second-order valence-corrected chi connectivity index (χ2v) is 8.71. The molecule has 0 aliphatic carbocycles. The van der Waals surface area contributed by atoms with Crippen LogP contribution in [0.1, 0.15) is 20.9 Å². The van der Waals surface area contributed by atoms with Crippen LogP contribution in [0.4, 0.5) is 0 Å². The van der Waals surface area contributed by atoms with E-state index in [1.807, 2.05) is 12.1 Å². The number of aliphatic carboxylic acids is 2. The highest BCUT2D eigenvalue weighted by molar-refractivity contribution is 7.26. The van der Waals surface area contributed by atoms with Crippen molar-refractivity contribution in [3.05, 3.63) is 45.1 Å². The van der Waals surface area contributed by atoms with E-state index < -0.39 is 11.9 Å². The molecular weight excluding hydrogens is 400 g/mol. The Labute approximate surface area is 167 Å². The summed E-state index contributed by atoms with van der Waals surface area (Å²) in [4.78, 5) is 27.1. The van der Waals surface area contributed by atoms with Crippen molar-refractivity contribution >= 4 is 45.9 Å². The van der Waals surface area contributed by atoms with Crippen LogP contribution in [0.25, 0.3) is 19.5 Å². The molecule has 0 fully saturated rings. The number of hydrogen-bond acceptors (Lipinski definition) is 5. The van der Waals surface area contributed by atoms with Gasteiger partial charge in [0.1, 0.15) is 0 Å². The lowest BCUT2D eigenvalue weighted by Gasteiger charge is -1.99. The second-order valence-electron chi connectivity index (χ2n) is 5.52. The lowest BCUT2D eigenvalue weighted by atomic mass is 10.1. The van der Waals surface area contributed by atoms with Gasteiger partial charge in [0.05, 0.1) is 22.6 Å². The lowest BCUT2D eigenvalue weighted by molar-refractivity contribution is -0.137. The third-order valence-corrected chi connectivity index (χ3v) is 7.30. The van der Waals surface area contributed by atoms with E-state index in [1.165, 1.54) is 34.0 Å². The first-order chi connectivity index (χ1) is 12.9. The highest BCUT2D eigenvalue weighted by atomic mass is 32.1. The molecule has 0 saturated carbocycles. The summed E-state index contributed by atoms with van der Waals surface area (Å²) in [6.45, 7) is 0. The molecule has 3 rings (SSSR count). The molecule has 0 aliphatic heterocycles. The Bertz CT molecular complexity index is 1030. The zero-order chi connectivity index (χ0) is 19.6. The summed E-state index contributed by atoms with van der Waals surface area (Å²) in [5.74, 6) is 3.27. The first-order valence-electron chi connectivity index (χ1n) is 7.64. The van der Waals surface area contributed by atoms with Crippen LogP contribution < -0.4 is 0 Å². The number of carboxylic acid groups (broad SMARTS) is 2. The van der Waals surface area contributed by atoms with Crippen molar-refractivity contribution in [2.24, 2.45) is 0 Å². The molecule has 4 nitrogen and oxygen atoms in total. The minimum Gasteiger partial charge on any atom is -0.481 e. The zero-order valence-corrected chi connectivity index (χ0v) is 16.3. The number of carboxylic acids is 2. The van der Waals surface area contributed by atoms with E-state index >= 15 is 0 Å². The summed E-state index contributed by atoms with van der Waals surface area (Å²) in [5, 5.41) is 18.3. The zero-order valence-electron chi connectivity index (χ0n) is 13.8. The highest BCUT2D eigenvalue weighted by Gasteiger charge is 2.18. The van der Waals surface area contributed by atoms with E-state index in [1.54, 1.807) is 12.1 Å². The van der Waals surface area contributed by atoms with Gasteiger partial charge < -0.3 is 10.2 Å². The molecule has 0 radical (unpaired) electrons. The van der Waals surface area contributed by atoms with Crippen molar-refractivity contribution in [2.75, 3.05) is 0 Å². The topological polar surface area (TPSA) is 74.6 Å². The van der Waals surface area contributed by atoms with E-state index in [0.717, 1.165) is 19.5 Å². The van der Waals surface area contributed by atoms with Crippen LogP contribution in [0.3, 0.4) is 0 Å². The SMILES string of the molecule is C#Cc1cc(CC(=O)O)c(-c2ccc(-c3sc(C#C)cc3CC(=O)O)s2)s1. The molecule has 0 bridgehead atoms. The maximum atomic E-state index is 11.1. The molecule has 27 heavy (non-hydrogen) atoms. The predicted octanol–water partition coefficient (Wildman–Crippen LogP) is 4.42. The normalized spacial score (nSPS) is 10.3. The number of thiophene rings is 3. The Morgan fingerprint density at radius 2 is 1.22 bits per heavy atom. The summed E-state index contributed by atoms with van der Waals surface area (Å²) in [6.07, 6.45) is 10.7. The standard InChI is InChI=1S/C20H12O4S3/c1-3-13-7-11(9-17(21)22)19(25-13)15-5-6-16(27-15)20-12(10-18(23)24)8-14(4-2)26-20/h1-2,5-8H,9-10H2,(H,21,22)(H,23,24). The van der Waals surface area contributed by atoms with Gasteiger partial charge in [0.2, 0.25) is 0 Å². The molecule has 2 N–H and O–H groups in total. The van der Waals surface area contributed by atoms with E-state index in [9.17, 15) is 9.59 Å². The van der Waals surface area contributed by atoms with Crippen molar-refractivity contribution in [3.63, 3.8) is 0 Å². The molecule has 0 atom stereocenters. The van der Waals surface area contributed by atoms with Crippen LogP contribution in [-0.2, 0) is 22.4 Å². The summed E-state index contributed by atoms with van der Waals surface area (Å²) in [6, 6.07) is 7.25. The van der Waals surface area contributed by atoms with Gasteiger partial charge in [-0.05, 0) is 35.4 Å². The van der Waals surface area contributed by atoms with Gasteiger partial charge in [-0.2, -0.15) is 0 Å². The minimum atomic E-state index is -0.921. The molecule has 0 spiro atoms. The van der Waals surface area contributed by atoms with Gasteiger partial charge in [0.15, 0.2) is 0 Å². The van der Waals surface area contributed by atoms with Crippen LogP contribution in [0.2, 0.25) is 0 Å². The van der Waals surface area contributed by atoms with Gasteiger partial charge in [-0.25, -0.2) is 0 Å². The van der Waals surface area contributed by atoms with Gasteiger partial charge in [-0.15, -0.1) is 46.9 Å². The first-order valence-corrected chi connectivity index (χ1v) is 10.1. The summed E-state index contributed by atoms with van der Waals surface area (Å²) in [5.41, 5.74) is 1.35. The van der Waals surface area contributed by atoms with Gasteiger partial charge in [-0.3, -0.25) is 9.59 Å². The molecule has 0 aliphatic rings. The van der Waals surface area contributed by atoms with Crippen LogP contribution in [0.5, 0.6) is 0 Å². The molecular formula is C20H12O4S3. The Morgan fingerprint density at radius 3 is 1.56 bits per heavy atom. The average molecular weight is 413 g/mol.